The minimum absolute atomic E-state index is 0.132. The van der Waals surface area contributed by atoms with Crippen LogP contribution >= 0.6 is 11.3 Å². The molecule has 6 heteroatoms. The number of para-hydroxylation sites is 1. The van der Waals surface area contributed by atoms with Crippen molar-refractivity contribution in [2.24, 2.45) is 0 Å². The van der Waals surface area contributed by atoms with Crippen LogP contribution in [0.4, 0.5) is 5.69 Å². The van der Waals surface area contributed by atoms with Gasteiger partial charge in [0.25, 0.3) is 5.56 Å². The molecule has 2 aromatic carbocycles. The molecule has 0 aliphatic carbocycles. The van der Waals surface area contributed by atoms with Crippen molar-refractivity contribution in [3.63, 3.8) is 0 Å². The van der Waals surface area contributed by atoms with Gasteiger partial charge in [-0.2, -0.15) is 0 Å². The molecule has 0 amide bonds. The smallest absolute Gasteiger partial charge is 0.259 e. The molecule has 0 fully saturated rings. The number of benzene rings is 2. The summed E-state index contributed by atoms with van der Waals surface area (Å²) in [5.74, 6) is 0.594. The molecule has 0 radical (unpaired) electrons. The molecule has 2 N–H and O–H groups in total. The number of fused-ring (bicyclic) bond motifs is 1. The Kier molecular flexibility index (Phi) is 5.74. The first-order valence-corrected chi connectivity index (χ1v) is 10.5. The molecular formula is C23H23N3O2S. The molecule has 148 valence electrons. The third-order valence-corrected chi connectivity index (χ3v) is 5.95. The van der Waals surface area contributed by atoms with Gasteiger partial charge in [0.15, 0.2) is 0 Å². The maximum absolute atomic E-state index is 12.7. The van der Waals surface area contributed by atoms with Crippen molar-refractivity contribution in [3.05, 3.63) is 82.9 Å². The molecule has 29 heavy (non-hydrogen) atoms. The van der Waals surface area contributed by atoms with Gasteiger partial charge in [0.05, 0.1) is 18.0 Å². The Morgan fingerprint density at radius 1 is 1.10 bits per heavy atom. The van der Waals surface area contributed by atoms with E-state index in [0.717, 1.165) is 21.0 Å². The van der Waals surface area contributed by atoms with Gasteiger partial charge in [-0.1, -0.05) is 55.5 Å². The highest BCUT2D eigenvalue weighted by Gasteiger charge is 2.15. The summed E-state index contributed by atoms with van der Waals surface area (Å²) < 4.78 is 0. The fraction of sp³-hybridized carbons (Fsp3) is 0.217. The van der Waals surface area contributed by atoms with Gasteiger partial charge in [-0.05, 0) is 30.2 Å². The van der Waals surface area contributed by atoms with E-state index >= 15 is 0 Å². The van der Waals surface area contributed by atoms with Crippen LogP contribution in [0.25, 0.3) is 20.7 Å². The number of thiophene rings is 1. The van der Waals surface area contributed by atoms with Crippen molar-refractivity contribution in [1.29, 1.82) is 0 Å². The fourth-order valence-electron chi connectivity index (χ4n) is 3.26. The zero-order valence-electron chi connectivity index (χ0n) is 16.2. The predicted molar refractivity (Wildman–Crippen MR) is 119 cm³/mol. The molecule has 2 heterocycles. The number of rotatable bonds is 7. The number of nitrogens with one attached hydrogen (secondary N) is 1. The summed E-state index contributed by atoms with van der Waals surface area (Å²) in [6.07, 6.45) is 0.217. The number of aliphatic hydroxyl groups excluding tert-OH is 1. The number of aromatic nitrogens is 2. The third kappa shape index (κ3) is 4.39. The molecule has 4 aromatic rings. The summed E-state index contributed by atoms with van der Waals surface area (Å²) in [6.45, 7) is 2.85. The first kappa shape index (κ1) is 19.4. The van der Waals surface area contributed by atoms with Gasteiger partial charge < -0.3 is 15.0 Å². The van der Waals surface area contributed by atoms with Gasteiger partial charge in [-0.3, -0.25) is 4.79 Å². The predicted octanol–water partition coefficient (Wildman–Crippen LogP) is 4.43. The SMILES string of the molecule is CCC(O)CN(Cc1nc2sc(-c3ccccc3)cc2c(=O)[nH]1)c1ccccc1. The molecule has 0 saturated carbocycles. The Labute approximate surface area is 173 Å². The van der Waals surface area contributed by atoms with E-state index in [1.165, 1.54) is 11.3 Å². The van der Waals surface area contributed by atoms with Gasteiger partial charge in [-0.25, -0.2) is 4.98 Å². The molecule has 0 aliphatic heterocycles. The van der Waals surface area contributed by atoms with Gasteiger partial charge in [0.1, 0.15) is 10.7 Å². The Bertz CT molecular complexity index is 1140. The quantitative estimate of drug-likeness (QED) is 0.477. The molecule has 0 saturated heterocycles. The number of aromatic amines is 1. The van der Waals surface area contributed by atoms with Crippen LogP contribution in [-0.4, -0.2) is 27.7 Å². The zero-order valence-corrected chi connectivity index (χ0v) is 17.0. The highest BCUT2D eigenvalue weighted by molar-refractivity contribution is 7.21. The largest absolute Gasteiger partial charge is 0.391 e. The zero-order chi connectivity index (χ0) is 20.2. The third-order valence-electron chi connectivity index (χ3n) is 4.87. The number of hydrogen-bond acceptors (Lipinski definition) is 5. The number of H-pyrrole nitrogens is 1. The van der Waals surface area contributed by atoms with Crippen LogP contribution in [0.2, 0.25) is 0 Å². The van der Waals surface area contributed by atoms with Crippen LogP contribution in [0, 0.1) is 0 Å². The first-order valence-electron chi connectivity index (χ1n) is 9.70. The van der Waals surface area contributed by atoms with E-state index in [4.69, 9.17) is 4.98 Å². The van der Waals surface area contributed by atoms with Crippen LogP contribution in [0.1, 0.15) is 19.2 Å². The highest BCUT2D eigenvalue weighted by Crippen LogP contribution is 2.30. The Morgan fingerprint density at radius 3 is 2.48 bits per heavy atom. The Hall–Kier alpha value is -2.96. The van der Waals surface area contributed by atoms with E-state index in [0.29, 0.717) is 30.7 Å². The highest BCUT2D eigenvalue weighted by atomic mass is 32.1. The van der Waals surface area contributed by atoms with Crippen molar-refractivity contribution >= 4 is 27.2 Å². The molecule has 2 aromatic heterocycles. The van der Waals surface area contributed by atoms with Gasteiger partial charge in [-0.15, -0.1) is 11.3 Å². The minimum Gasteiger partial charge on any atom is -0.391 e. The van der Waals surface area contributed by atoms with Gasteiger partial charge >= 0.3 is 0 Å². The molecule has 0 spiro atoms. The molecule has 5 nitrogen and oxygen atoms in total. The second-order valence-corrected chi connectivity index (χ2v) is 8.02. The van der Waals surface area contributed by atoms with E-state index in [2.05, 4.69) is 4.98 Å². The Balaban J connectivity index is 1.68. The van der Waals surface area contributed by atoms with Crippen LogP contribution in [-0.2, 0) is 6.54 Å². The second kappa shape index (κ2) is 8.59. The van der Waals surface area contributed by atoms with Crippen LogP contribution in [0.15, 0.2) is 71.5 Å². The van der Waals surface area contributed by atoms with Crippen molar-refractivity contribution in [1.82, 2.24) is 9.97 Å². The number of hydrogen-bond donors (Lipinski definition) is 2. The monoisotopic (exact) mass is 405 g/mol. The molecule has 1 unspecified atom stereocenters. The summed E-state index contributed by atoms with van der Waals surface area (Å²) in [5.41, 5.74) is 1.93. The second-order valence-electron chi connectivity index (χ2n) is 6.99. The van der Waals surface area contributed by atoms with E-state index in [1.54, 1.807) is 0 Å². The first-order chi connectivity index (χ1) is 14.1. The van der Waals surface area contributed by atoms with Crippen molar-refractivity contribution in [3.8, 4) is 10.4 Å². The lowest BCUT2D eigenvalue weighted by Gasteiger charge is -2.26. The summed E-state index contributed by atoms with van der Waals surface area (Å²) in [6, 6.07) is 21.8. The molecule has 1 atom stereocenters. The summed E-state index contributed by atoms with van der Waals surface area (Å²) in [7, 11) is 0. The van der Waals surface area contributed by atoms with Crippen LogP contribution < -0.4 is 10.5 Å². The maximum atomic E-state index is 12.7. The molecule has 0 aliphatic rings. The topological polar surface area (TPSA) is 69.2 Å². The minimum atomic E-state index is -0.447. The van der Waals surface area contributed by atoms with E-state index in [-0.39, 0.29) is 5.56 Å². The van der Waals surface area contributed by atoms with Gasteiger partial charge in [0, 0.05) is 17.1 Å². The lowest BCUT2D eigenvalue weighted by Crippen LogP contribution is -2.33. The number of nitrogens with zero attached hydrogens (tertiary/aromatic N) is 2. The lowest BCUT2D eigenvalue weighted by atomic mass is 10.2. The number of aliphatic hydroxyl groups is 1. The summed E-state index contributed by atoms with van der Waals surface area (Å²) in [5, 5.41) is 10.8. The molecule has 0 bridgehead atoms. The summed E-state index contributed by atoms with van der Waals surface area (Å²) in [4.78, 5) is 24.1. The average Bonchev–Trinajstić information content (AvgIpc) is 3.19. The molecule has 4 rings (SSSR count). The van der Waals surface area contributed by atoms with E-state index in [9.17, 15) is 9.90 Å². The average molecular weight is 406 g/mol. The van der Waals surface area contributed by atoms with Gasteiger partial charge in [0.2, 0.25) is 0 Å². The van der Waals surface area contributed by atoms with Crippen molar-refractivity contribution in [2.75, 3.05) is 11.4 Å². The standard InChI is InChI=1S/C23H23N3O2S/c1-2-18(27)14-26(17-11-7-4-8-12-17)15-21-24-22(28)19-13-20(29-23(19)25-21)16-9-5-3-6-10-16/h3-13,18,27H,2,14-15H2,1H3,(H,24,25,28). The Morgan fingerprint density at radius 2 is 1.79 bits per heavy atom. The van der Waals surface area contributed by atoms with E-state index in [1.807, 2.05) is 78.6 Å². The van der Waals surface area contributed by atoms with E-state index < -0.39 is 6.10 Å². The number of anilines is 1. The van der Waals surface area contributed by atoms with Crippen LogP contribution in [0.3, 0.4) is 0 Å². The maximum Gasteiger partial charge on any atom is 0.259 e. The van der Waals surface area contributed by atoms with Crippen LogP contribution in [0.5, 0.6) is 0 Å². The fourth-order valence-corrected chi connectivity index (χ4v) is 4.32. The van der Waals surface area contributed by atoms with Crippen molar-refractivity contribution < 1.29 is 5.11 Å². The summed E-state index contributed by atoms with van der Waals surface area (Å²) >= 11 is 1.52. The normalized spacial score (nSPS) is 12.2. The van der Waals surface area contributed by atoms with Crippen molar-refractivity contribution in [2.45, 2.75) is 26.0 Å². The molecular weight excluding hydrogens is 382 g/mol. The lowest BCUT2D eigenvalue weighted by molar-refractivity contribution is 0.175.